The molecule has 1 aromatic heterocycles. The average Bonchev–Trinajstić information content (AvgIpc) is 3.05. The molecule has 0 unspecified atom stereocenters. The summed E-state index contributed by atoms with van der Waals surface area (Å²) in [4.78, 5) is 18.9. The van der Waals surface area contributed by atoms with Crippen molar-refractivity contribution in [1.82, 2.24) is 9.55 Å². The summed E-state index contributed by atoms with van der Waals surface area (Å²) in [7, 11) is 0. The molecule has 3 rings (SSSR count). The summed E-state index contributed by atoms with van der Waals surface area (Å²) >= 11 is 1.70. The van der Waals surface area contributed by atoms with Gasteiger partial charge < -0.3 is 9.47 Å². The second kappa shape index (κ2) is 6.40. The molecular formula is C18H23N3OS. The highest BCUT2D eigenvalue weighted by atomic mass is 32.2. The number of thioether (sulfide) groups is 1. The normalized spacial score (nSPS) is 17.9. The van der Waals surface area contributed by atoms with Crippen molar-refractivity contribution in [2.45, 2.75) is 38.0 Å². The monoisotopic (exact) mass is 329 g/mol. The Morgan fingerprint density at radius 1 is 1.35 bits per heavy atom. The molecule has 1 amide bonds. The summed E-state index contributed by atoms with van der Waals surface area (Å²) in [6.45, 7) is 7.13. The van der Waals surface area contributed by atoms with E-state index >= 15 is 0 Å². The molecule has 1 aliphatic rings. The Labute approximate surface area is 141 Å². The van der Waals surface area contributed by atoms with Gasteiger partial charge in [-0.3, -0.25) is 4.79 Å². The zero-order valence-corrected chi connectivity index (χ0v) is 14.7. The quantitative estimate of drug-likeness (QED) is 0.864. The van der Waals surface area contributed by atoms with E-state index in [1.54, 1.807) is 18.0 Å². The van der Waals surface area contributed by atoms with E-state index in [1.165, 1.54) is 5.56 Å². The number of fused-ring (bicyclic) bond motifs is 1. The lowest BCUT2D eigenvalue weighted by atomic mass is 9.97. The number of carbonyl (C=O) groups is 1. The Bertz CT molecular complexity index is 676. The molecule has 122 valence electrons. The highest BCUT2D eigenvalue weighted by molar-refractivity contribution is 8.01. The molecule has 0 spiro atoms. The van der Waals surface area contributed by atoms with E-state index in [1.807, 2.05) is 29.6 Å². The molecule has 0 aliphatic carbocycles. The molecule has 0 bridgehead atoms. The summed E-state index contributed by atoms with van der Waals surface area (Å²) in [6.07, 6.45) is 6.54. The molecule has 2 aromatic rings. The van der Waals surface area contributed by atoms with Gasteiger partial charge >= 0.3 is 0 Å². The molecular weight excluding hydrogens is 306 g/mol. The van der Waals surface area contributed by atoms with Crippen LogP contribution in [0.5, 0.6) is 0 Å². The third-order valence-corrected chi connectivity index (χ3v) is 5.26. The van der Waals surface area contributed by atoms with Gasteiger partial charge in [0.15, 0.2) is 0 Å². The first-order valence-electron chi connectivity index (χ1n) is 7.94. The van der Waals surface area contributed by atoms with E-state index < -0.39 is 0 Å². The van der Waals surface area contributed by atoms with Gasteiger partial charge in [-0.25, -0.2) is 4.98 Å². The molecule has 0 saturated heterocycles. The van der Waals surface area contributed by atoms with Crippen LogP contribution in [0.4, 0.5) is 5.69 Å². The number of anilines is 1. The maximum Gasteiger partial charge on any atom is 0.237 e. The van der Waals surface area contributed by atoms with Crippen LogP contribution in [0.3, 0.4) is 0 Å². The third kappa shape index (κ3) is 3.78. The summed E-state index contributed by atoms with van der Waals surface area (Å²) in [5.74, 6) is 0.691. The molecule has 1 aromatic carbocycles. The van der Waals surface area contributed by atoms with Crippen LogP contribution in [0.1, 0.15) is 32.4 Å². The van der Waals surface area contributed by atoms with Crippen molar-refractivity contribution in [3.63, 3.8) is 0 Å². The van der Waals surface area contributed by atoms with Crippen molar-refractivity contribution < 1.29 is 4.79 Å². The molecule has 1 aliphatic heterocycles. The van der Waals surface area contributed by atoms with Gasteiger partial charge in [0.1, 0.15) is 0 Å². The number of hydrogen-bond donors (Lipinski definition) is 0. The Morgan fingerprint density at radius 2 is 2.13 bits per heavy atom. The van der Waals surface area contributed by atoms with Gasteiger partial charge in [-0.05, 0) is 18.1 Å². The first kappa shape index (κ1) is 16.1. The summed E-state index contributed by atoms with van der Waals surface area (Å²) in [5, 5.41) is 0. The van der Waals surface area contributed by atoms with Crippen LogP contribution in [-0.2, 0) is 11.2 Å². The third-order valence-electron chi connectivity index (χ3n) is 4.01. The maximum atomic E-state index is 12.8. The van der Waals surface area contributed by atoms with Crippen molar-refractivity contribution in [3.05, 3.63) is 48.5 Å². The molecule has 0 saturated carbocycles. The minimum absolute atomic E-state index is 0.0920. The van der Waals surface area contributed by atoms with Gasteiger partial charge in [0, 0.05) is 29.4 Å². The average molecular weight is 329 g/mol. The summed E-state index contributed by atoms with van der Waals surface area (Å²) < 4.78 is 2.20. The number of benzene rings is 1. The van der Waals surface area contributed by atoms with Gasteiger partial charge in [0.25, 0.3) is 0 Å². The van der Waals surface area contributed by atoms with Crippen LogP contribution in [0.25, 0.3) is 0 Å². The fourth-order valence-electron chi connectivity index (χ4n) is 2.85. The Balaban J connectivity index is 1.84. The number of rotatable bonds is 3. The minimum Gasteiger partial charge on any atom is -0.332 e. The first-order valence-corrected chi connectivity index (χ1v) is 8.92. The van der Waals surface area contributed by atoms with Crippen LogP contribution in [0.15, 0.2) is 43.0 Å². The number of nitrogens with zero attached hydrogens (tertiary/aromatic N) is 3. The summed E-state index contributed by atoms with van der Waals surface area (Å²) in [6, 6.07) is 8.47. The van der Waals surface area contributed by atoms with E-state index in [-0.39, 0.29) is 16.7 Å². The van der Waals surface area contributed by atoms with Gasteiger partial charge in [-0.2, -0.15) is 0 Å². The second-order valence-electron chi connectivity index (χ2n) is 6.90. The minimum atomic E-state index is 0.0920. The lowest BCUT2D eigenvalue weighted by Crippen LogP contribution is -2.42. The smallest absolute Gasteiger partial charge is 0.237 e. The SMILES string of the molecule is CC(C)(C)SCC(=O)N1C[C@@H](n2ccnc2)Cc2ccccc21. The Kier molecular flexibility index (Phi) is 4.48. The van der Waals surface area contributed by atoms with Crippen molar-refractivity contribution in [2.24, 2.45) is 0 Å². The van der Waals surface area contributed by atoms with Gasteiger partial charge in [0.05, 0.1) is 18.1 Å². The largest absolute Gasteiger partial charge is 0.332 e. The molecule has 5 heteroatoms. The molecule has 4 nitrogen and oxygen atoms in total. The van der Waals surface area contributed by atoms with Crippen molar-refractivity contribution >= 4 is 23.4 Å². The predicted octanol–water partition coefficient (Wildman–Crippen LogP) is 3.55. The van der Waals surface area contributed by atoms with Crippen LogP contribution < -0.4 is 4.90 Å². The molecule has 0 radical (unpaired) electrons. The zero-order chi connectivity index (χ0) is 16.4. The Morgan fingerprint density at radius 3 is 2.83 bits per heavy atom. The van der Waals surface area contributed by atoms with E-state index in [9.17, 15) is 4.79 Å². The standard InChI is InChI=1S/C18H23N3OS/c1-18(2,3)23-12-17(22)21-11-15(20-9-8-19-13-20)10-14-6-4-5-7-16(14)21/h4-9,13,15H,10-12H2,1-3H3/t15-/m0/s1. The van der Waals surface area contributed by atoms with Crippen molar-refractivity contribution in [1.29, 1.82) is 0 Å². The van der Waals surface area contributed by atoms with E-state index in [4.69, 9.17) is 0 Å². The van der Waals surface area contributed by atoms with Crippen LogP contribution in [0, 0.1) is 0 Å². The van der Waals surface area contributed by atoms with Crippen molar-refractivity contribution in [3.8, 4) is 0 Å². The Hall–Kier alpha value is -1.75. The van der Waals surface area contributed by atoms with Crippen LogP contribution >= 0.6 is 11.8 Å². The van der Waals surface area contributed by atoms with Gasteiger partial charge in [-0.1, -0.05) is 39.0 Å². The number of imidazole rings is 1. The predicted molar refractivity (Wildman–Crippen MR) is 96.0 cm³/mol. The number of hydrogen-bond acceptors (Lipinski definition) is 3. The molecule has 0 N–H and O–H groups in total. The molecule has 0 fully saturated rings. The zero-order valence-electron chi connectivity index (χ0n) is 13.9. The fraction of sp³-hybridized carbons (Fsp3) is 0.444. The highest BCUT2D eigenvalue weighted by Crippen LogP contribution is 2.33. The first-order chi connectivity index (χ1) is 10.9. The van der Waals surface area contributed by atoms with Gasteiger partial charge in [0.2, 0.25) is 5.91 Å². The fourth-order valence-corrected chi connectivity index (χ4v) is 3.56. The maximum absolute atomic E-state index is 12.8. The number of aromatic nitrogens is 2. The lowest BCUT2D eigenvalue weighted by molar-refractivity contribution is -0.116. The molecule has 1 atom stereocenters. The summed E-state index contributed by atoms with van der Waals surface area (Å²) in [5.41, 5.74) is 2.29. The highest BCUT2D eigenvalue weighted by Gasteiger charge is 2.29. The lowest BCUT2D eigenvalue weighted by Gasteiger charge is -2.35. The molecule has 23 heavy (non-hydrogen) atoms. The van der Waals surface area contributed by atoms with Gasteiger partial charge in [-0.15, -0.1) is 11.8 Å². The number of carbonyl (C=O) groups excluding carboxylic acids is 1. The van der Waals surface area contributed by atoms with Crippen LogP contribution in [-0.4, -0.2) is 32.5 Å². The second-order valence-corrected chi connectivity index (χ2v) is 8.70. The number of para-hydroxylation sites is 1. The van der Waals surface area contributed by atoms with E-state index in [0.717, 1.165) is 12.1 Å². The molecule has 2 heterocycles. The topological polar surface area (TPSA) is 38.1 Å². The van der Waals surface area contributed by atoms with E-state index in [2.05, 4.69) is 42.5 Å². The van der Waals surface area contributed by atoms with Crippen molar-refractivity contribution in [2.75, 3.05) is 17.2 Å². The van der Waals surface area contributed by atoms with E-state index in [0.29, 0.717) is 12.3 Å². The number of amides is 1. The van der Waals surface area contributed by atoms with Crippen LogP contribution in [0.2, 0.25) is 0 Å².